The van der Waals surface area contributed by atoms with E-state index < -0.39 is 9.84 Å². The second kappa shape index (κ2) is 5.83. The zero-order valence-corrected chi connectivity index (χ0v) is 13.5. The molecule has 1 aromatic rings. The SMILES string of the molecule is CC(C)C1NC(c2ccsc2)N(CCS(C)(=O)=O)C1=O. The zero-order chi connectivity index (χ0) is 14.9. The van der Waals surface area contributed by atoms with E-state index in [1.54, 1.807) is 16.2 Å². The van der Waals surface area contributed by atoms with Gasteiger partial charge in [-0.15, -0.1) is 0 Å². The fourth-order valence-electron chi connectivity index (χ4n) is 2.33. The maximum absolute atomic E-state index is 12.4. The molecule has 0 aromatic carbocycles. The number of hydrogen-bond donors (Lipinski definition) is 1. The van der Waals surface area contributed by atoms with Crippen LogP contribution in [0.5, 0.6) is 0 Å². The molecule has 1 amide bonds. The average molecular weight is 316 g/mol. The Morgan fingerprint density at radius 1 is 1.45 bits per heavy atom. The zero-order valence-electron chi connectivity index (χ0n) is 11.9. The van der Waals surface area contributed by atoms with Crippen LogP contribution in [0.3, 0.4) is 0 Å². The van der Waals surface area contributed by atoms with Gasteiger partial charge in [-0.1, -0.05) is 13.8 Å². The van der Waals surface area contributed by atoms with Crippen molar-refractivity contribution in [2.24, 2.45) is 5.92 Å². The molecule has 1 N–H and O–H groups in total. The van der Waals surface area contributed by atoms with Crippen LogP contribution in [0.1, 0.15) is 25.6 Å². The topological polar surface area (TPSA) is 66.5 Å². The first kappa shape index (κ1) is 15.5. The summed E-state index contributed by atoms with van der Waals surface area (Å²) < 4.78 is 22.7. The lowest BCUT2D eigenvalue weighted by atomic mass is 10.1. The maximum Gasteiger partial charge on any atom is 0.241 e. The van der Waals surface area contributed by atoms with Crippen molar-refractivity contribution in [3.8, 4) is 0 Å². The number of carbonyl (C=O) groups excluding carboxylic acids is 1. The number of carbonyl (C=O) groups is 1. The fraction of sp³-hybridized carbons (Fsp3) is 0.615. The third-order valence-electron chi connectivity index (χ3n) is 3.43. The number of thiophene rings is 1. The summed E-state index contributed by atoms with van der Waals surface area (Å²) in [4.78, 5) is 14.1. The van der Waals surface area contributed by atoms with Gasteiger partial charge >= 0.3 is 0 Å². The molecular weight excluding hydrogens is 296 g/mol. The highest BCUT2D eigenvalue weighted by Crippen LogP contribution is 2.29. The molecule has 0 bridgehead atoms. The molecule has 0 saturated carbocycles. The Morgan fingerprint density at radius 3 is 2.65 bits per heavy atom. The molecule has 1 aliphatic heterocycles. The maximum atomic E-state index is 12.4. The molecule has 7 heteroatoms. The van der Waals surface area contributed by atoms with E-state index >= 15 is 0 Å². The van der Waals surface area contributed by atoms with E-state index in [1.807, 2.05) is 30.7 Å². The molecule has 0 spiro atoms. The van der Waals surface area contributed by atoms with Crippen LogP contribution in [0.15, 0.2) is 16.8 Å². The van der Waals surface area contributed by atoms with Gasteiger partial charge in [0.15, 0.2) is 0 Å². The summed E-state index contributed by atoms with van der Waals surface area (Å²) in [5.41, 5.74) is 1.01. The lowest BCUT2D eigenvalue weighted by Gasteiger charge is -2.23. The van der Waals surface area contributed by atoms with Crippen LogP contribution in [-0.2, 0) is 14.6 Å². The Morgan fingerprint density at radius 2 is 2.15 bits per heavy atom. The second-order valence-corrected chi connectivity index (χ2v) is 8.55. The predicted molar refractivity (Wildman–Crippen MR) is 80.2 cm³/mol. The quantitative estimate of drug-likeness (QED) is 0.888. The largest absolute Gasteiger partial charge is 0.320 e. The molecule has 1 aliphatic rings. The molecular formula is C13H20N2O3S2. The van der Waals surface area contributed by atoms with Crippen molar-refractivity contribution in [2.45, 2.75) is 26.1 Å². The second-order valence-electron chi connectivity index (χ2n) is 5.51. The lowest BCUT2D eigenvalue weighted by molar-refractivity contribution is -0.130. The van der Waals surface area contributed by atoms with Crippen molar-refractivity contribution in [1.29, 1.82) is 0 Å². The van der Waals surface area contributed by atoms with Gasteiger partial charge in [0.25, 0.3) is 0 Å². The van der Waals surface area contributed by atoms with Crippen LogP contribution in [0, 0.1) is 5.92 Å². The van der Waals surface area contributed by atoms with E-state index in [2.05, 4.69) is 5.32 Å². The summed E-state index contributed by atoms with van der Waals surface area (Å²) in [6.45, 7) is 4.20. The first-order valence-corrected chi connectivity index (χ1v) is 9.56. The number of amides is 1. The van der Waals surface area contributed by atoms with Gasteiger partial charge in [-0.3, -0.25) is 10.1 Å². The molecule has 112 valence electrons. The van der Waals surface area contributed by atoms with Crippen LogP contribution in [-0.4, -0.2) is 43.8 Å². The molecule has 2 rings (SSSR count). The van der Waals surface area contributed by atoms with Crippen molar-refractivity contribution in [3.63, 3.8) is 0 Å². The molecule has 20 heavy (non-hydrogen) atoms. The number of nitrogens with zero attached hydrogens (tertiary/aromatic N) is 1. The highest BCUT2D eigenvalue weighted by atomic mass is 32.2. The number of rotatable bonds is 5. The van der Waals surface area contributed by atoms with Crippen molar-refractivity contribution in [2.75, 3.05) is 18.6 Å². The smallest absolute Gasteiger partial charge is 0.241 e. The van der Waals surface area contributed by atoms with Crippen LogP contribution >= 0.6 is 11.3 Å². The van der Waals surface area contributed by atoms with Crippen molar-refractivity contribution >= 4 is 27.1 Å². The third-order valence-corrected chi connectivity index (χ3v) is 5.05. The van der Waals surface area contributed by atoms with Crippen molar-refractivity contribution < 1.29 is 13.2 Å². The van der Waals surface area contributed by atoms with Crippen LogP contribution in [0.25, 0.3) is 0 Å². The molecule has 5 nitrogen and oxygen atoms in total. The summed E-state index contributed by atoms with van der Waals surface area (Å²) >= 11 is 1.57. The van der Waals surface area contributed by atoms with Gasteiger partial charge < -0.3 is 4.90 Å². The standard InChI is InChI=1S/C13H20N2O3S2/c1-9(2)11-13(16)15(5-7-20(3,17)18)12(14-11)10-4-6-19-8-10/h4,6,8-9,11-12,14H,5,7H2,1-3H3. The number of nitrogens with one attached hydrogen (secondary N) is 1. The average Bonchev–Trinajstić information content (AvgIpc) is 2.92. The Balaban J connectivity index is 2.21. The minimum absolute atomic E-state index is 0.00806. The first-order chi connectivity index (χ1) is 9.29. The van der Waals surface area contributed by atoms with E-state index in [-0.39, 0.29) is 36.3 Å². The van der Waals surface area contributed by atoms with Crippen molar-refractivity contribution in [1.82, 2.24) is 10.2 Å². The van der Waals surface area contributed by atoms with E-state index in [1.165, 1.54) is 6.26 Å². The summed E-state index contributed by atoms with van der Waals surface area (Å²) in [5, 5.41) is 7.26. The fourth-order valence-corrected chi connectivity index (χ4v) is 3.53. The number of sulfone groups is 1. The summed E-state index contributed by atoms with van der Waals surface area (Å²) in [6.07, 6.45) is 0.975. The van der Waals surface area contributed by atoms with Gasteiger partial charge in [-0.25, -0.2) is 8.42 Å². The molecule has 1 saturated heterocycles. The number of hydrogen-bond acceptors (Lipinski definition) is 5. The highest BCUT2D eigenvalue weighted by Gasteiger charge is 2.41. The van der Waals surface area contributed by atoms with Gasteiger partial charge in [0, 0.05) is 12.8 Å². The van der Waals surface area contributed by atoms with Crippen molar-refractivity contribution in [3.05, 3.63) is 22.4 Å². The minimum atomic E-state index is -3.08. The van der Waals surface area contributed by atoms with E-state index in [0.717, 1.165) is 5.56 Å². The highest BCUT2D eigenvalue weighted by molar-refractivity contribution is 7.90. The Bertz CT molecular complexity index is 566. The molecule has 1 aromatic heterocycles. The van der Waals surface area contributed by atoms with Gasteiger partial charge in [0.05, 0.1) is 11.8 Å². The van der Waals surface area contributed by atoms with Crippen LogP contribution < -0.4 is 5.32 Å². The summed E-state index contributed by atoms with van der Waals surface area (Å²) in [6, 6.07) is 1.71. The van der Waals surface area contributed by atoms with E-state index in [4.69, 9.17) is 0 Å². The van der Waals surface area contributed by atoms with Crippen LogP contribution in [0.4, 0.5) is 0 Å². The molecule has 1 fully saturated rings. The predicted octanol–water partition coefficient (Wildman–Crippen LogP) is 1.25. The molecule has 0 radical (unpaired) electrons. The first-order valence-electron chi connectivity index (χ1n) is 6.56. The van der Waals surface area contributed by atoms with Gasteiger partial charge in [0.2, 0.25) is 5.91 Å². The van der Waals surface area contributed by atoms with Gasteiger partial charge in [0.1, 0.15) is 16.0 Å². The molecule has 2 unspecified atom stereocenters. The molecule has 0 aliphatic carbocycles. The Labute approximate surface area is 123 Å². The van der Waals surface area contributed by atoms with E-state index in [0.29, 0.717) is 0 Å². The summed E-state index contributed by atoms with van der Waals surface area (Å²) in [7, 11) is -3.08. The molecule has 2 atom stereocenters. The third kappa shape index (κ3) is 3.39. The van der Waals surface area contributed by atoms with E-state index in [9.17, 15) is 13.2 Å². The van der Waals surface area contributed by atoms with Crippen LogP contribution in [0.2, 0.25) is 0 Å². The normalized spacial score (nSPS) is 23.8. The van der Waals surface area contributed by atoms with Gasteiger partial charge in [-0.2, -0.15) is 11.3 Å². The summed E-state index contributed by atoms with van der Waals surface area (Å²) in [5.74, 6) is 0.151. The Hall–Kier alpha value is -0.920. The monoisotopic (exact) mass is 316 g/mol. The van der Waals surface area contributed by atoms with Gasteiger partial charge in [-0.05, 0) is 28.3 Å². The molecule has 2 heterocycles. The Kier molecular flexibility index (Phi) is 4.51. The minimum Gasteiger partial charge on any atom is -0.320 e. The lowest BCUT2D eigenvalue weighted by Crippen LogP contribution is -2.36.